The highest BCUT2D eigenvalue weighted by atomic mass is 35.5. The van der Waals surface area contributed by atoms with Crippen molar-refractivity contribution in [3.8, 4) is 28.3 Å². The minimum atomic E-state index is -0.794. The number of ether oxygens (including phenoxy) is 1. The highest BCUT2D eigenvalue weighted by molar-refractivity contribution is 6.30. The Kier molecular flexibility index (Phi) is 6.63. The van der Waals surface area contributed by atoms with E-state index in [1.54, 1.807) is 18.2 Å². The molecule has 0 unspecified atom stereocenters. The lowest BCUT2D eigenvalue weighted by atomic mass is 9.82. The van der Waals surface area contributed by atoms with Gasteiger partial charge in [0.25, 0.3) is 11.1 Å². The van der Waals surface area contributed by atoms with Crippen LogP contribution in [-0.4, -0.2) is 27.0 Å². The third kappa shape index (κ3) is 4.66. The molecule has 0 bridgehead atoms. The SMILES string of the molecule is CCOc1ccc(Cl)cc1C(c1c(-c2ccc(C)cc2)[nH][nH]c1=O)c1c(-c2ccc(C)cc2)[nH][nH]c1=O. The number of hydrogen-bond acceptors (Lipinski definition) is 3. The number of aromatic nitrogens is 4. The Hall–Kier alpha value is -4.23. The fraction of sp³-hybridized carbons (Fsp3) is 0.172. The maximum atomic E-state index is 13.5. The first-order valence-electron chi connectivity index (χ1n) is 12.0. The number of H-pyrrole nitrogens is 4. The molecule has 5 rings (SSSR count). The molecule has 5 aromatic rings. The number of nitrogens with one attached hydrogen (secondary N) is 4. The number of halogens is 1. The van der Waals surface area contributed by atoms with Gasteiger partial charge >= 0.3 is 0 Å². The number of aromatic amines is 4. The van der Waals surface area contributed by atoms with Crippen LogP contribution in [0.5, 0.6) is 5.75 Å². The molecule has 8 heteroatoms. The van der Waals surface area contributed by atoms with E-state index in [0.717, 1.165) is 22.3 Å². The quantitative estimate of drug-likeness (QED) is 0.217. The molecule has 0 radical (unpaired) electrons. The van der Waals surface area contributed by atoms with Crippen LogP contribution in [0.2, 0.25) is 5.02 Å². The molecule has 2 aromatic heterocycles. The van der Waals surface area contributed by atoms with Crippen LogP contribution in [0.15, 0.2) is 76.3 Å². The lowest BCUT2D eigenvalue weighted by molar-refractivity contribution is 0.336. The smallest absolute Gasteiger partial charge is 0.268 e. The fourth-order valence-electron chi connectivity index (χ4n) is 4.67. The van der Waals surface area contributed by atoms with Crippen LogP contribution >= 0.6 is 11.6 Å². The number of hydrogen-bond donors (Lipinski definition) is 4. The van der Waals surface area contributed by atoms with E-state index < -0.39 is 5.92 Å². The zero-order valence-corrected chi connectivity index (χ0v) is 21.5. The molecule has 2 heterocycles. The summed E-state index contributed by atoms with van der Waals surface area (Å²) in [5, 5.41) is 12.0. The minimum Gasteiger partial charge on any atom is -0.494 e. The summed E-state index contributed by atoms with van der Waals surface area (Å²) in [6.45, 7) is 6.29. The minimum absolute atomic E-state index is 0.335. The Bertz CT molecular complexity index is 1560. The molecule has 37 heavy (non-hydrogen) atoms. The monoisotopic (exact) mass is 514 g/mol. The maximum Gasteiger partial charge on any atom is 0.268 e. The normalized spacial score (nSPS) is 11.3. The first-order chi connectivity index (χ1) is 17.9. The van der Waals surface area contributed by atoms with Gasteiger partial charge in [-0.1, -0.05) is 71.3 Å². The fourth-order valence-corrected chi connectivity index (χ4v) is 4.85. The van der Waals surface area contributed by atoms with Crippen LogP contribution in [0.25, 0.3) is 22.5 Å². The Balaban J connectivity index is 1.84. The van der Waals surface area contributed by atoms with Gasteiger partial charge in [0.1, 0.15) is 5.75 Å². The summed E-state index contributed by atoms with van der Waals surface area (Å²) >= 11 is 6.47. The molecular weight excluding hydrogens is 488 g/mol. The van der Waals surface area contributed by atoms with Crippen molar-refractivity contribution in [3.05, 3.63) is 120 Å². The van der Waals surface area contributed by atoms with Crippen molar-refractivity contribution in [2.24, 2.45) is 0 Å². The average Bonchev–Trinajstić information content (AvgIpc) is 3.45. The summed E-state index contributed by atoms with van der Waals surface area (Å²) in [7, 11) is 0. The van der Waals surface area contributed by atoms with Crippen LogP contribution in [0, 0.1) is 13.8 Å². The largest absolute Gasteiger partial charge is 0.494 e. The lowest BCUT2D eigenvalue weighted by Crippen LogP contribution is -2.21. The summed E-state index contributed by atoms with van der Waals surface area (Å²) in [6.07, 6.45) is 0. The molecule has 4 N–H and O–H groups in total. The highest BCUT2D eigenvalue weighted by Crippen LogP contribution is 2.42. The highest BCUT2D eigenvalue weighted by Gasteiger charge is 2.33. The molecule has 7 nitrogen and oxygen atoms in total. The number of aryl methyl sites for hydroxylation is 2. The third-order valence-corrected chi connectivity index (χ3v) is 6.71. The topological polar surface area (TPSA) is 107 Å². The van der Waals surface area contributed by atoms with Gasteiger partial charge in [0.2, 0.25) is 0 Å². The second-order valence-corrected chi connectivity index (χ2v) is 9.45. The van der Waals surface area contributed by atoms with E-state index in [9.17, 15) is 9.59 Å². The van der Waals surface area contributed by atoms with Crippen molar-refractivity contribution in [2.45, 2.75) is 26.7 Å². The van der Waals surface area contributed by atoms with E-state index in [1.807, 2.05) is 69.3 Å². The van der Waals surface area contributed by atoms with E-state index in [1.165, 1.54) is 0 Å². The zero-order chi connectivity index (χ0) is 26.1. The summed E-state index contributed by atoms with van der Waals surface area (Å²) < 4.78 is 5.97. The van der Waals surface area contributed by atoms with E-state index in [4.69, 9.17) is 16.3 Å². The van der Waals surface area contributed by atoms with Crippen molar-refractivity contribution in [2.75, 3.05) is 6.61 Å². The van der Waals surface area contributed by atoms with Crippen LogP contribution in [0.4, 0.5) is 0 Å². The van der Waals surface area contributed by atoms with Crippen molar-refractivity contribution in [1.29, 1.82) is 0 Å². The van der Waals surface area contributed by atoms with Crippen LogP contribution in [0.1, 0.15) is 40.7 Å². The lowest BCUT2D eigenvalue weighted by Gasteiger charge is -2.21. The molecule has 0 aliphatic rings. The van der Waals surface area contributed by atoms with Gasteiger partial charge in [-0.05, 0) is 50.1 Å². The molecule has 0 fully saturated rings. The molecule has 0 saturated heterocycles. The second-order valence-electron chi connectivity index (χ2n) is 9.02. The van der Waals surface area contributed by atoms with Crippen LogP contribution in [-0.2, 0) is 0 Å². The van der Waals surface area contributed by atoms with Gasteiger partial charge in [0.15, 0.2) is 0 Å². The predicted molar refractivity (Wildman–Crippen MR) is 147 cm³/mol. The van der Waals surface area contributed by atoms with E-state index in [-0.39, 0.29) is 11.1 Å². The first kappa shape index (κ1) is 24.5. The van der Waals surface area contributed by atoms with Crippen molar-refractivity contribution in [3.63, 3.8) is 0 Å². The van der Waals surface area contributed by atoms with Crippen molar-refractivity contribution < 1.29 is 4.74 Å². The molecule has 0 amide bonds. The van der Waals surface area contributed by atoms with Gasteiger partial charge in [-0.2, -0.15) is 0 Å². The second kappa shape index (κ2) is 10.0. The van der Waals surface area contributed by atoms with Gasteiger partial charge in [-0.25, -0.2) is 0 Å². The molecule has 0 saturated carbocycles. The van der Waals surface area contributed by atoms with Crippen LogP contribution < -0.4 is 15.9 Å². The predicted octanol–water partition coefficient (Wildman–Crippen LogP) is 5.90. The van der Waals surface area contributed by atoms with Gasteiger partial charge in [-0.15, -0.1) is 0 Å². The van der Waals surface area contributed by atoms with E-state index in [2.05, 4.69) is 20.4 Å². The van der Waals surface area contributed by atoms with E-state index in [0.29, 0.717) is 45.5 Å². The van der Waals surface area contributed by atoms with Gasteiger partial charge in [0.05, 0.1) is 35.0 Å². The van der Waals surface area contributed by atoms with Crippen molar-refractivity contribution in [1.82, 2.24) is 20.4 Å². The summed E-state index contributed by atoms with van der Waals surface area (Å²) in [4.78, 5) is 26.9. The Labute approximate surface area is 218 Å². The number of benzene rings is 3. The van der Waals surface area contributed by atoms with Gasteiger partial charge in [-0.3, -0.25) is 30.0 Å². The first-order valence-corrected chi connectivity index (χ1v) is 12.4. The molecule has 0 spiro atoms. The third-order valence-electron chi connectivity index (χ3n) is 6.47. The zero-order valence-electron chi connectivity index (χ0n) is 20.7. The van der Waals surface area contributed by atoms with Crippen LogP contribution in [0.3, 0.4) is 0 Å². The molecule has 0 atom stereocenters. The standard InChI is InChI=1S/C29H27ClN4O3/c1-4-37-22-14-13-20(30)15-21(22)23(24-26(31-33-28(24)35)18-9-5-16(2)6-10-18)25-27(32-34-29(25)36)19-11-7-17(3)8-12-19/h5-15,23H,4H2,1-3H3,(H2,31,33,35)(H2,32,34,36). The Morgan fingerprint density at radius 2 is 1.22 bits per heavy atom. The summed E-state index contributed by atoms with van der Waals surface area (Å²) in [5.41, 5.74) is 5.73. The molecule has 0 aliphatic heterocycles. The maximum absolute atomic E-state index is 13.5. The Morgan fingerprint density at radius 1 is 0.730 bits per heavy atom. The van der Waals surface area contributed by atoms with Gasteiger partial charge in [0, 0.05) is 10.6 Å². The molecule has 188 valence electrons. The van der Waals surface area contributed by atoms with E-state index >= 15 is 0 Å². The molecule has 3 aromatic carbocycles. The Morgan fingerprint density at radius 3 is 1.68 bits per heavy atom. The molecule has 0 aliphatic carbocycles. The summed E-state index contributed by atoms with van der Waals surface area (Å²) in [6, 6.07) is 20.9. The van der Waals surface area contributed by atoms with Crippen molar-refractivity contribution >= 4 is 11.6 Å². The summed E-state index contributed by atoms with van der Waals surface area (Å²) in [5.74, 6) is -0.249. The molecular formula is C29H27ClN4O3. The number of rotatable bonds is 7. The van der Waals surface area contributed by atoms with Gasteiger partial charge < -0.3 is 4.74 Å². The average molecular weight is 515 g/mol.